The van der Waals surface area contributed by atoms with Crippen molar-refractivity contribution in [3.8, 4) is 0 Å². The molecule has 0 saturated heterocycles. The Labute approximate surface area is 96.9 Å². The molecule has 88 valence electrons. The molecule has 1 aromatic carbocycles. The molecule has 2 N–H and O–H groups in total. The van der Waals surface area contributed by atoms with E-state index >= 15 is 0 Å². The summed E-state index contributed by atoms with van der Waals surface area (Å²) in [6, 6.07) is 9.60. The summed E-state index contributed by atoms with van der Waals surface area (Å²) in [5, 5.41) is 20.4. The minimum absolute atomic E-state index is 0.469. The lowest BCUT2D eigenvalue weighted by Gasteiger charge is -2.33. The minimum Gasteiger partial charge on any atom is -0.390 e. The van der Waals surface area contributed by atoms with Crippen molar-refractivity contribution in [2.75, 3.05) is 0 Å². The summed E-state index contributed by atoms with van der Waals surface area (Å²) in [5.74, 6) is 0. The first-order valence-corrected chi connectivity index (χ1v) is 6.15. The highest BCUT2D eigenvalue weighted by molar-refractivity contribution is 5.17. The molecule has 0 amide bonds. The summed E-state index contributed by atoms with van der Waals surface area (Å²) in [5.41, 5.74) is 0.259. The van der Waals surface area contributed by atoms with Crippen LogP contribution in [0.2, 0.25) is 0 Å². The Morgan fingerprint density at radius 2 is 1.69 bits per heavy atom. The van der Waals surface area contributed by atoms with E-state index in [1.807, 2.05) is 30.3 Å². The molecular formula is C14H20O2. The zero-order valence-electron chi connectivity index (χ0n) is 9.60. The van der Waals surface area contributed by atoms with Crippen molar-refractivity contribution in [3.05, 3.63) is 35.9 Å². The number of rotatable bonds is 3. The van der Waals surface area contributed by atoms with Gasteiger partial charge in [-0.2, -0.15) is 0 Å². The third-order valence-electron chi connectivity index (χ3n) is 3.54. The van der Waals surface area contributed by atoms with Crippen LogP contribution in [0.5, 0.6) is 0 Å². The largest absolute Gasteiger partial charge is 0.390 e. The highest BCUT2D eigenvalue weighted by Crippen LogP contribution is 2.35. The Hall–Kier alpha value is -0.860. The third-order valence-corrected chi connectivity index (χ3v) is 3.54. The molecule has 1 aromatic rings. The van der Waals surface area contributed by atoms with Gasteiger partial charge in [-0.25, -0.2) is 0 Å². The Kier molecular flexibility index (Phi) is 3.62. The molecule has 2 rings (SSSR count). The van der Waals surface area contributed by atoms with E-state index in [-0.39, 0.29) is 0 Å². The van der Waals surface area contributed by atoms with Gasteiger partial charge < -0.3 is 10.2 Å². The van der Waals surface area contributed by atoms with Gasteiger partial charge in [-0.3, -0.25) is 0 Å². The molecule has 16 heavy (non-hydrogen) atoms. The van der Waals surface area contributed by atoms with Crippen molar-refractivity contribution in [1.82, 2.24) is 0 Å². The van der Waals surface area contributed by atoms with Crippen molar-refractivity contribution in [3.63, 3.8) is 0 Å². The normalized spacial score (nSPS) is 21.6. The van der Waals surface area contributed by atoms with E-state index in [0.717, 1.165) is 31.2 Å². The van der Waals surface area contributed by atoms with Crippen LogP contribution in [0.15, 0.2) is 30.3 Å². The minimum atomic E-state index is -0.645. The molecule has 0 heterocycles. The molecule has 0 aromatic heterocycles. The summed E-state index contributed by atoms with van der Waals surface area (Å²) in [7, 11) is 0. The quantitative estimate of drug-likeness (QED) is 0.822. The van der Waals surface area contributed by atoms with Crippen LogP contribution in [0.25, 0.3) is 0 Å². The molecule has 0 aliphatic heterocycles. The van der Waals surface area contributed by atoms with Gasteiger partial charge in [-0.1, -0.05) is 49.6 Å². The van der Waals surface area contributed by atoms with E-state index in [1.54, 1.807) is 0 Å². The molecule has 0 bridgehead atoms. The van der Waals surface area contributed by atoms with Gasteiger partial charge in [0.2, 0.25) is 0 Å². The van der Waals surface area contributed by atoms with Gasteiger partial charge in [-0.15, -0.1) is 0 Å². The molecule has 2 nitrogen and oxygen atoms in total. The number of hydrogen-bond donors (Lipinski definition) is 2. The van der Waals surface area contributed by atoms with Gasteiger partial charge in [0.15, 0.2) is 0 Å². The maximum Gasteiger partial charge on any atom is 0.0817 e. The SMILES string of the molecule is OC(CC1(O)CCCCC1)c1ccccc1. The fraction of sp³-hybridized carbons (Fsp3) is 0.571. The number of hydrogen-bond acceptors (Lipinski definition) is 2. The Morgan fingerprint density at radius 1 is 1.06 bits per heavy atom. The monoisotopic (exact) mass is 220 g/mol. The third kappa shape index (κ3) is 2.83. The first kappa shape index (κ1) is 11.6. The molecule has 0 radical (unpaired) electrons. The lowest BCUT2D eigenvalue weighted by atomic mass is 9.80. The smallest absolute Gasteiger partial charge is 0.0817 e. The fourth-order valence-corrected chi connectivity index (χ4v) is 2.57. The van der Waals surface area contributed by atoms with Crippen LogP contribution in [0.3, 0.4) is 0 Å². The molecule has 0 spiro atoms. The average molecular weight is 220 g/mol. The Bertz CT molecular complexity index is 315. The van der Waals surface area contributed by atoms with E-state index < -0.39 is 11.7 Å². The molecule has 1 unspecified atom stereocenters. The van der Waals surface area contributed by atoms with Crippen LogP contribution >= 0.6 is 0 Å². The van der Waals surface area contributed by atoms with Crippen molar-refractivity contribution >= 4 is 0 Å². The topological polar surface area (TPSA) is 40.5 Å². The molecular weight excluding hydrogens is 200 g/mol. The molecule has 1 saturated carbocycles. The standard InChI is InChI=1S/C14H20O2/c15-13(12-7-3-1-4-8-12)11-14(16)9-5-2-6-10-14/h1,3-4,7-8,13,15-16H,2,5-6,9-11H2. The van der Waals surface area contributed by atoms with Crippen molar-refractivity contribution in [1.29, 1.82) is 0 Å². The van der Waals surface area contributed by atoms with Gasteiger partial charge in [0.05, 0.1) is 11.7 Å². The van der Waals surface area contributed by atoms with Crippen molar-refractivity contribution in [2.24, 2.45) is 0 Å². The van der Waals surface area contributed by atoms with Crippen LogP contribution in [0.4, 0.5) is 0 Å². The zero-order chi connectivity index (χ0) is 11.4. The fourth-order valence-electron chi connectivity index (χ4n) is 2.57. The first-order chi connectivity index (χ1) is 7.70. The lowest BCUT2D eigenvalue weighted by Crippen LogP contribution is -2.33. The summed E-state index contributed by atoms with van der Waals surface area (Å²) >= 11 is 0. The van der Waals surface area contributed by atoms with Gasteiger partial charge >= 0.3 is 0 Å². The Balaban J connectivity index is 1.98. The second-order valence-electron chi connectivity index (χ2n) is 4.92. The zero-order valence-corrected chi connectivity index (χ0v) is 9.60. The van der Waals surface area contributed by atoms with Gasteiger partial charge in [0.25, 0.3) is 0 Å². The molecule has 1 fully saturated rings. The Morgan fingerprint density at radius 3 is 2.31 bits per heavy atom. The predicted octanol–water partition coefficient (Wildman–Crippen LogP) is 2.81. The molecule has 1 atom stereocenters. The van der Waals surface area contributed by atoms with Crippen LogP contribution in [0.1, 0.15) is 50.2 Å². The maximum absolute atomic E-state index is 10.3. The van der Waals surface area contributed by atoms with E-state index in [2.05, 4.69) is 0 Å². The highest BCUT2D eigenvalue weighted by atomic mass is 16.3. The average Bonchev–Trinajstić information content (AvgIpc) is 2.30. The second-order valence-corrected chi connectivity index (χ2v) is 4.92. The molecule has 2 heteroatoms. The van der Waals surface area contributed by atoms with Gasteiger partial charge in [0, 0.05) is 6.42 Å². The van der Waals surface area contributed by atoms with Gasteiger partial charge in [0.1, 0.15) is 0 Å². The predicted molar refractivity (Wildman–Crippen MR) is 64.1 cm³/mol. The van der Waals surface area contributed by atoms with Gasteiger partial charge in [-0.05, 0) is 18.4 Å². The molecule has 1 aliphatic carbocycles. The number of benzene rings is 1. The summed E-state index contributed by atoms with van der Waals surface area (Å²) in [6.45, 7) is 0. The maximum atomic E-state index is 10.3. The number of aliphatic hydroxyl groups is 2. The van der Waals surface area contributed by atoms with Crippen LogP contribution in [-0.2, 0) is 0 Å². The van der Waals surface area contributed by atoms with Crippen molar-refractivity contribution in [2.45, 2.75) is 50.2 Å². The summed E-state index contributed by atoms with van der Waals surface area (Å²) in [6.07, 6.45) is 4.97. The van der Waals surface area contributed by atoms with Crippen LogP contribution in [-0.4, -0.2) is 15.8 Å². The molecule has 1 aliphatic rings. The van der Waals surface area contributed by atoms with E-state index in [4.69, 9.17) is 0 Å². The van der Waals surface area contributed by atoms with Crippen molar-refractivity contribution < 1.29 is 10.2 Å². The van der Waals surface area contributed by atoms with Crippen LogP contribution < -0.4 is 0 Å². The lowest BCUT2D eigenvalue weighted by molar-refractivity contribution is -0.0382. The second kappa shape index (κ2) is 4.98. The number of aliphatic hydroxyl groups excluding tert-OH is 1. The van der Waals surface area contributed by atoms with E-state index in [1.165, 1.54) is 6.42 Å². The van der Waals surface area contributed by atoms with E-state index in [0.29, 0.717) is 6.42 Å². The summed E-state index contributed by atoms with van der Waals surface area (Å²) in [4.78, 5) is 0. The summed E-state index contributed by atoms with van der Waals surface area (Å²) < 4.78 is 0. The first-order valence-electron chi connectivity index (χ1n) is 6.15. The van der Waals surface area contributed by atoms with E-state index in [9.17, 15) is 10.2 Å². The van der Waals surface area contributed by atoms with Crippen LogP contribution in [0, 0.1) is 0 Å². The highest BCUT2D eigenvalue weighted by Gasteiger charge is 2.31.